The van der Waals surface area contributed by atoms with E-state index in [-0.39, 0.29) is 22.4 Å². The Bertz CT molecular complexity index is 1040. The number of hydrogen-bond acceptors (Lipinski definition) is 5. The van der Waals surface area contributed by atoms with Gasteiger partial charge in [-0.3, -0.25) is 0 Å². The molecule has 8 heteroatoms. The molecule has 126 valence electrons. The lowest BCUT2D eigenvalue weighted by Crippen LogP contribution is -2.26. The molecule has 0 radical (unpaired) electrons. The van der Waals surface area contributed by atoms with Gasteiger partial charge in [0.1, 0.15) is 6.07 Å². The van der Waals surface area contributed by atoms with E-state index in [1.165, 1.54) is 19.2 Å². The fraction of sp³-hybridized carbons (Fsp3) is 0.0588. The molecule has 0 aliphatic heterocycles. The summed E-state index contributed by atoms with van der Waals surface area (Å²) in [5.41, 5.74) is 0.463. The van der Waals surface area contributed by atoms with Crippen molar-refractivity contribution in [3.05, 3.63) is 65.3 Å². The van der Waals surface area contributed by atoms with E-state index in [1.807, 2.05) is 6.07 Å². The van der Waals surface area contributed by atoms with Gasteiger partial charge in [0.2, 0.25) is 17.5 Å². The smallest absolute Gasteiger partial charge is 0.266 e. The second kappa shape index (κ2) is 6.59. The highest BCUT2D eigenvalue weighted by molar-refractivity contribution is 7.92. The van der Waals surface area contributed by atoms with E-state index in [9.17, 15) is 13.7 Å². The lowest BCUT2D eigenvalue weighted by Gasteiger charge is -2.16. The molecule has 0 aliphatic carbocycles. The predicted molar refractivity (Wildman–Crippen MR) is 93.7 cm³/mol. The number of aromatic nitrogens is 1. The molecule has 0 unspecified atom stereocenters. The number of benzene rings is 2. The number of halogens is 1. The van der Waals surface area contributed by atoms with E-state index in [2.05, 4.69) is 4.98 Å². The maximum atomic E-state index is 12.7. The third-order valence-electron chi connectivity index (χ3n) is 3.49. The van der Waals surface area contributed by atoms with Crippen LogP contribution in [-0.2, 0) is 10.0 Å². The van der Waals surface area contributed by atoms with Crippen molar-refractivity contribution >= 4 is 27.5 Å². The molecule has 2 aromatic carbocycles. The van der Waals surface area contributed by atoms with Crippen molar-refractivity contribution in [3.8, 4) is 17.5 Å². The van der Waals surface area contributed by atoms with E-state index in [4.69, 9.17) is 16.0 Å². The van der Waals surface area contributed by atoms with E-state index in [1.54, 1.807) is 42.5 Å². The van der Waals surface area contributed by atoms with Gasteiger partial charge in [-0.2, -0.15) is 10.2 Å². The normalized spacial score (nSPS) is 11.1. The van der Waals surface area contributed by atoms with Crippen LogP contribution in [0.25, 0.3) is 11.5 Å². The van der Waals surface area contributed by atoms with Crippen molar-refractivity contribution in [2.45, 2.75) is 4.90 Å². The molecule has 0 atom stereocenters. The standard InChI is InChI=1S/C17H12ClN3O3S/c1-21(25(22,23)14-5-3-2-4-6-14)17-15(11-19)20-16(24-17)12-7-9-13(18)10-8-12/h2-10H,1H3. The SMILES string of the molecule is CN(c1oc(-c2ccc(Cl)cc2)nc1C#N)S(=O)(=O)c1ccccc1. The quantitative estimate of drug-likeness (QED) is 0.696. The van der Waals surface area contributed by atoms with Gasteiger partial charge in [0.15, 0.2) is 0 Å². The van der Waals surface area contributed by atoms with Gasteiger partial charge in [-0.1, -0.05) is 29.8 Å². The maximum absolute atomic E-state index is 12.7. The van der Waals surface area contributed by atoms with Crippen LogP contribution in [0.3, 0.4) is 0 Å². The first-order chi connectivity index (χ1) is 11.9. The molecule has 0 amide bonds. The Hall–Kier alpha value is -2.82. The molecule has 1 heterocycles. The third-order valence-corrected chi connectivity index (χ3v) is 5.50. The molecular weight excluding hydrogens is 362 g/mol. The second-order valence-electron chi connectivity index (χ2n) is 5.08. The minimum Gasteiger partial charge on any atom is -0.418 e. The van der Waals surface area contributed by atoms with Crippen LogP contribution in [0.1, 0.15) is 5.69 Å². The summed E-state index contributed by atoms with van der Waals surface area (Å²) in [7, 11) is -2.56. The first-order valence-electron chi connectivity index (χ1n) is 7.14. The summed E-state index contributed by atoms with van der Waals surface area (Å²) < 4.78 is 31.9. The molecule has 0 fully saturated rings. The highest BCUT2D eigenvalue weighted by atomic mass is 35.5. The minimum atomic E-state index is -3.87. The molecule has 6 nitrogen and oxygen atoms in total. The van der Waals surface area contributed by atoms with E-state index in [0.717, 1.165) is 4.31 Å². The summed E-state index contributed by atoms with van der Waals surface area (Å²) in [4.78, 5) is 4.17. The van der Waals surface area contributed by atoms with Crippen molar-refractivity contribution in [1.29, 1.82) is 5.26 Å². The molecule has 0 bridgehead atoms. The maximum Gasteiger partial charge on any atom is 0.266 e. The molecule has 3 rings (SSSR count). The number of oxazole rings is 1. The Morgan fingerprint density at radius 2 is 1.76 bits per heavy atom. The zero-order chi connectivity index (χ0) is 18.0. The van der Waals surface area contributed by atoms with Gasteiger partial charge >= 0.3 is 0 Å². The first-order valence-corrected chi connectivity index (χ1v) is 8.96. The monoisotopic (exact) mass is 373 g/mol. The number of nitrogens with zero attached hydrogens (tertiary/aromatic N) is 3. The molecule has 0 saturated carbocycles. The van der Waals surface area contributed by atoms with E-state index in [0.29, 0.717) is 10.6 Å². The number of anilines is 1. The number of rotatable bonds is 4. The van der Waals surface area contributed by atoms with Crippen LogP contribution in [0, 0.1) is 11.3 Å². The molecule has 1 aromatic heterocycles. The lowest BCUT2D eigenvalue weighted by molar-refractivity contribution is 0.563. The Kier molecular flexibility index (Phi) is 4.49. The van der Waals surface area contributed by atoms with Crippen molar-refractivity contribution in [1.82, 2.24) is 4.98 Å². The van der Waals surface area contributed by atoms with Gasteiger partial charge in [-0.25, -0.2) is 12.7 Å². The Balaban J connectivity index is 2.05. The van der Waals surface area contributed by atoms with E-state index < -0.39 is 10.0 Å². The summed E-state index contributed by atoms with van der Waals surface area (Å²) in [5, 5.41) is 9.83. The summed E-state index contributed by atoms with van der Waals surface area (Å²) in [5.74, 6) is -0.00497. The van der Waals surface area contributed by atoms with Crippen molar-refractivity contribution in [2.24, 2.45) is 0 Å². The molecule has 0 aliphatic rings. The second-order valence-corrected chi connectivity index (χ2v) is 7.48. The summed E-state index contributed by atoms with van der Waals surface area (Å²) >= 11 is 5.85. The molecule has 0 saturated heterocycles. The Labute approximate surface area is 150 Å². The van der Waals surface area contributed by atoms with Gasteiger partial charge in [0.05, 0.1) is 4.90 Å². The number of nitriles is 1. The highest BCUT2D eigenvalue weighted by Crippen LogP contribution is 2.31. The van der Waals surface area contributed by atoms with Gasteiger partial charge in [-0.15, -0.1) is 0 Å². The summed E-state index contributed by atoms with van der Waals surface area (Å²) in [6, 6.07) is 16.4. The van der Waals surface area contributed by atoms with Gasteiger partial charge < -0.3 is 4.42 Å². The van der Waals surface area contributed by atoms with Crippen LogP contribution in [0.4, 0.5) is 5.88 Å². The van der Waals surface area contributed by atoms with Crippen LogP contribution >= 0.6 is 11.6 Å². The van der Waals surface area contributed by atoms with Crippen LogP contribution in [0.5, 0.6) is 0 Å². The Morgan fingerprint density at radius 1 is 1.12 bits per heavy atom. The molecule has 25 heavy (non-hydrogen) atoms. The fourth-order valence-electron chi connectivity index (χ4n) is 2.17. The zero-order valence-corrected chi connectivity index (χ0v) is 14.6. The Morgan fingerprint density at radius 3 is 2.36 bits per heavy atom. The van der Waals surface area contributed by atoms with Crippen LogP contribution in [0.15, 0.2) is 63.9 Å². The number of hydrogen-bond donors (Lipinski definition) is 0. The topological polar surface area (TPSA) is 87.2 Å². The molecular formula is C17H12ClN3O3S. The molecule has 0 N–H and O–H groups in total. The third kappa shape index (κ3) is 3.22. The average Bonchev–Trinajstić information content (AvgIpc) is 3.06. The molecule has 3 aromatic rings. The average molecular weight is 374 g/mol. The van der Waals surface area contributed by atoms with Gasteiger partial charge in [0, 0.05) is 17.6 Å². The van der Waals surface area contributed by atoms with E-state index >= 15 is 0 Å². The molecule has 0 spiro atoms. The largest absolute Gasteiger partial charge is 0.418 e. The van der Waals surface area contributed by atoms with Crippen molar-refractivity contribution < 1.29 is 12.8 Å². The van der Waals surface area contributed by atoms with Gasteiger partial charge in [-0.05, 0) is 36.4 Å². The van der Waals surface area contributed by atoms with Crippen LogP contribution < -0.4 is 4.31 Å². The fourth-order valence-corrected chi connectivity index (χ4v) is 3.46. The lowest BCUT2D eigenvalue weighted by atomic mass is 10.2. The summed E-state index contributed by atoms with van der Waals surface area (Å²) in [6.07, 6.45) is 0. The zero-order valence-electron chi connectivity index (χ0n) is 13.0. The predicted octanol–water partition coefficient (Wildman–Crippen LogP) is 3.69. The van der Waals surface area contributed by atoms with Crippen LogP contribution in [0.2, 0.25) is 5.02 Å². The van der Waals surface area contributed by atoms with Crippen molar-refractivity contribution in [3.63, 3.8) is 0 Å². The minimum absolute atomic E-state index is 0.0887. The van der Waals surface area contributed by atoms with Crippen LogP contribution in [-0.4, -0.2) is 20.4 Å². The van der Waals surface area contributed by atoms with Crippen molar-refractivity contribution in [2.75, 3.05) is 11.4 Å². The van der Waals surface area contributed by atoms with Gasteiger partial charge in [0.25, 0.3) is 10.0 Å². The summed E-state index contributed by atoms with van der Waals surface area (Å²) in [6.45, 7) is 0. The highest BCUT2D eigenvalue weighted by Gasteiger charge is 2.28. The first kappa shape index (κ1) is 17.0. The number of sulfonamides is 1.